The number of carbonyl (C=O) groups is 4. The number of nitrogens with two attached hydrogens (primary N) is 1. The lowest BCUT2D eigenvalue weighted by atomic mass is 9.52. The second-order valence-electron chi connectivity index (χ2n) is 16.1. The van der Waals surface area contributed by atoms with Crippen LogP contribution in [0.5, 0.6) is 0 Å². The molecule has 0 radical (unpaired) electrons. The van der Waals surface area contributed by atoms with E-state index in [9.17, 15) is 19.2 Å². The van der Waals surface area contributed by atoms with Crippen molar-refractivity contribution in [3.05, 3.63) is 54.1 Å². The van der Waals surface area contributed by atoms with Gasteiger partial charge in [-0.05, 0) is 73.3 Å². The second kappa shape index (κ2) is 19.8. The van der Waals surface area contributed by atoms with Gasteiger partial charge in [0.2, 0.25) is 23.6 Å². The first-order valence-corrected chi connectivity index (χ1v) is 20.8. The summed E-state index contributed by atoms with van der Waals surface area (Å²) in [6.07, 6.45) is 6.74. The maximum Gasteiger partial charge on any atom is 0.244 e. The molecule has 4 N–H and O–H groups in total. The average Bonchev–Trinajstić information content (AvgIpc) is 3.62. The maximum absolute atomic E-state index is 13.4. The van der Waals surface area contributed by atoms with Gasteiger partial charge in [0, 0.05) is 44.0 Å². The molecule has 15 nitrogen and oxygen atoms in total. The van der Waals surface area contributed by atoms with Crippen molar-refractivity contribution in [1.82, 2.24) is 25.6 Å². The van der Waals surface area contributed by atoms with Crippen LogP contribution < -0.4 is 21.3 Å². The van der Waals surface area contributed by atoms with Gasteiger partial charge >= 0.3 is 0 Å². The Morgan fingerprint density at radius 2 is 1.47 bits per heavy atom. The van der Waals surface area contributed by atoms with E-state index >= 15 is 0 Å². The van der Waals surface area contributed by atoms with Crippen LogP contribution in [0.3, 0.4) is 0 Å². The number of para-hydroxylation sites is 1. The summed E-state index contributed by atoms with van der Waals surface area (Å²) in [6, 6.07) is 14.7. The number of carbonyl (C=O) groups excluding carboxylic acids is 4. The number of amides is 4. The van der Waals surface area contributed by atoms with E-state index in [0.717, 1.165) is 46.1 Å². The van der Waals surface area contributed by atoms with Gasteiger partial charge in [0.25, 0.3) is 0 Å². The predicted octanol–water partition coefficient (Wildman–Crippen LogP) is 3.48. The van der Waals surface area contributed by atoms with Crippen LogP contribution in [0.4, 0.5) is 5.69 Å². The van der Waals surface area contributed by atoms with E-state index in [4.69, 9.17) is 24.7 Å². The minimum absolute atomic E-state index is 0.0115. The van der Waals surface area contributed by atoms with Gasteiger partial charge in [-0.25, -0.2) is 4.68 Å². The van der Waals surface area contributed by atoms with E-state index in [1.165, 1.54) is 39.2 Å². The van der Waals surface area contributed by atoms with Crippen LogP contribution in [0.1, 0.15) is 56.9 Å². The lowest BCUT2D eigenvalue weighted by Crippen LogP contribution is -2.53. The van der Waals surface area contributed by atoms with Crippen molar-refractivity contribution in [2.24, 2.45) is 35.3 Å². The van der Waals surface area contributed by atoms with Gasteiger partial charge in [0.1, 0.15) is 11.7 Å². The molecule has 3 aromatic rings. The number of rotatable bonds is 21. The summed E-state index contributed by atoms with van der Waals surface area (Å²) in [5, 5.41) is 15.0. The third-order valence-electron chi connectivity index (χ3n) is 12.3. The molecule has 2 heterocycles. The van der Waals surface area contributed by atoms with Crippen molar-refractivity contribution in [3.63, 3.8) is 0 Å². The standard InChI is InChI=1S/C43H57N7O8/c1-55-27-36(43(54)45-25-35-31-21-28-20-29(23-31)24-32(35)22-28)46-39(52)12-14-56-16-18-58-19-17-57-15-13-50-42-33-7-3-2-6-30(33)26-49(40(53)11-10-38(44)51)37-9-5-4-8-34(37)41(42)47-48-50/h2-9,28-29,31-32,35-36H,10-27H2,1H3,(H2,44,51)(H,45,54)(H,46,52)/t28?,29?,31?,32?,35?,36-/m0/s1. The zero-order chi connectivity index (χ0) is 40.4. The van der Waals surface area contributed by atoms with Crippen molar-refractivity contribution in [3.8, 4) is 22.5 Å². The van der Waals surface area contributed by atoms with E-state index in [0.29, 0.717) is 70.0 Å². The number of fused-ring (bicyclic) bond motifs is 5. The Hall–Kier alpha value is -4.70. The number of hydrogen-bond acceptors (Lipinski definition) is 10. The van der Waals surface area contributed by atoms with Crippen molar-refractivity contribution >= 4 is 29.3 Å². The number of nitrogens with one attached hydrogen (secondary N) is 2. The first-order valence-electron chi connectivity index (χ1n) is 20.8. The molecule has 58 heavy (non-hydrogen) atoms. The minimum atomic E-state index is -0.737. The van der Waals surface area contributed by atoms with E-state index in [-0.39, 0.29) is 50.2 Å². The summed E-state index contributed by atoms with van der Waals surface area (Å²) in [6.45, 7) is 3.54. The van der Waals surface area contributed by atoms with Crippen LogP contribution in [0.15, 0.2) is 48.5 Å². The summed E-state index contributed by atoms with van der Waals surface area (Å²) in [4.78, 5) is 52.2. The average molecular weight is 800 g/mol. The first kappa shape index (κ1) is 41.5. The van der Waals surface area contributed by atoms with E-state index in [1.807, 2.05) is 53.2 Å². The van der Waals surface area contributed by atoms with Crippen molar-refractivity contribution in [2.45, 2.75) is 70.5 Å². The Morgan fingerprint density at radius 3 is 2.17 bits per heavy atom. The number of benzene rings is 2. The topological polar surface area (TPSA) is 189 Å². The highest BCUT2D eigenvalue weighted by molar-refractivity contribution is 6.01. The molecule has 15 heteroatoms. The molecule has 1 aliphatic heterocycles. The van der Waals surface area contributed by atoms with Gasteiger partial charge in [-0.15, -0.1) is 5.10 Å². The van der Waals surface area contributed by atoms with Gasteiger partial charge < -0.3 is 40.2 Å². The van der Waals surface area contributed by atoms with E-state index < -0.39 is 11.9 Å². The number of anilines is 1. The highest BCUT2D eigenvalue weighted by Crippen LogP contribution is 2.56. The SMILES string of the molecule is COC[C@H](NC(=O)CCOCCOCCOCCn1nnc2c1-c1ccccc1CN(C(=O)CCC(N)=O)c1ccccc1-2)C(=O)NCC1C2CC3CC(C2)CC1C3. The van der Waals surface area contributed by atoms with Gasteiger partial charge in [-0.1, -0.05) is 47.7 Å². The van der Waals surface area contributed by atoms with Gasteiger partial charge in [-0.2, -0.15) is 0 Å². The monoisotopic (exact) mass is 799 g/mol. The smallest absolute Gasteiger partial charge is 0.244 e. The Morgan fingerprint density at radius 1 is 0.810 bits per heavy atom. The van der Waals surface area contributed by atoms with Gasteiger partial charge in [0.05, 0.1) is 70.7 Å². The molecule has 2 aromatic carbocycles. The van der Waals surface area contributed by atoms with Crippen LogP contribution >= 0.6 is 0 Å². The molecule has 8 rings (SSSR count). The zero-order valence-electron chi connectivity index (χ0n) is 33.4. The molecule has 1 aromatic heterocycles. The van der Waals surface area contributed by atoms with Crippen LogP contribution in [-0.2, 0) is 51.2 Å². The predicted molar refractivity (Wildman–Crippen MR) is 215 cm³/mol. The maximum atomic E-state index is 13.4. The number of aromatic nitrogens is 3. The van der Waals surface area contributed by atoms with Crippen LogP contribution in [0.25, 0.3) is 22.5 Å². The Bertz CT molecular complexity index is 1870. The molecule has 4 bridgehead atoms. The molecule has 0 saturated heterocycles. The van der Waals surface area contributed by atoms with Crippen molar-refractivity contribution in [1.29, 1.82) is 0 Å². The minimum Gasteiger partial charge on any atom is -0.382 e. The fourth-order valence-electron chi connectivity index (χ4n) is 9.75. The lowest BCUT2D eigenvalue weighted by molar-refractivity contribution is -0.131. The zero-order valence-corrected chi connectivity index (χ0v) is 33.4. The molecule has 0 unspecified atom stereocenters. The molecule has 4 aliphatic carbocycles. The first-order chi connectivity index (χ1) is 28.3. The van der Waals surface area contributed by atoms with E-state index in [2.05, 4.69) is 20.9 Å². The van der Waals surface area contributed by atoms with Crippen LogP contribution in [0, 0.1) is 29.6 Å². The molecule has 312 valence electrons. The van der Waals surface area contributed by atoms with Crippen molar-refractivity contribution in [2.75, 3.05) is 64.8 Å². The Balaban J connectivity index is 0.799. The summed E-state index contributed by atoms with van der Waals surface area (Å²) < 4.78 is 24.2. The van der Waals surface area contributed by atoms with Crippen LogP contribution in [0.2, 0.25) is 0 Å². The van der Waals surface area contributed by atoms with E-state index in [1.54, 1.807) is 4.90 Å². The summed E-state index contributed by atoms with van der Waals surface area (Å²) in [7, 11) is 1.53. The molecule has 0 spiro atoms. The molecule has 4 fully saturated rings. The van der Waals surface area contributed by atoms with Gasteiger partial charge in [-0.3, -0.25) is 19.2 Å². The highest BCUT2D eigenvalue weighted by atomic mass is 16.5. The fraction of sp³-hybridized carbons (Fsp3) is 0.581. The Labute approximate surface area is 339 Å². The summed E-state index contributed by atoms with van der Waals surface area (Å²) in [5.74, 6) is 2.61. The number of hydrogen-bond donors (Lipinski definition) is 3. The number of ether oxygens (including phenoxy) is 4. The summed E-state index contributed by atoms with van der Waals surface area (Å²) >= 11 is 0. The molecular weight excluding hydrogens is 743 g/mol. The quantitative estimate of drug-likeness (QED) is 0.135. The largest absolute Gasteiger partial charge is 0.382 e. The number of primary amides is 1. The van der Waals surface area contributed by atoms with Crippen molar-refractivity contribution < 1.29 is 38.1 Å². The summed E-state index contributed by atoms with van der Waals surface area (Å²) in [5.41, 5.74) is 10.1. The molecule has 4 saturated carbocycles. The lowest BCUT2D eigenvalue weighted by Gasteiger charge is -2.54. The van der Waals surface area contributed by atoms with Gasteiger partial charge in [0.15, 0.2) is 0 Å². The molecule has 4 amide bonds. The molecular formula is C43H57N7O8. The number of nitrogens with zero attached hydrogens (tertiary/aromatic N) is 4. The third kappa shape index (κ3) is 10.1. The third-order valence-corrected chi connectivity index (χ3v) is 12.3. The normalized spacial score (nSPS) is 21.9. The highest BCUT2D eigenvalue weighted by Gasteiger charge is 2.48. The molecule has 5 aliphatic rings. The fourth-order valence-corrected chi connectivity index (χ4v) is 9.75. The second-order valence-corrected chi connectivity index (χ2v) is 16.1. The molecule has 1 atom stereocenters. The number of methoxy groups -OCH3 is 1. The van der Waals surface area contributed by atoms with Crippen LogP contribution in [-0.4, -0.2) is 105 Å². The Kier molecular flexibility index (Phi) is 14.2.